The fourth-order valence-electron chi connectivity index (χ4n) is 2.12. The molecule has 2 N–H and O–H groups in total. The fourth-order valence-corrected chi connectivity index (χ4v) is 2.50. The summed E-state index contributed by atoms with van der Waals surface area (Å²) >= 11 is 3.29. The van der Waals surface area contributed by atoms with E-state index in [1.807, 2.05) is 24.3 Å². The molecule has 0 spiro atoms. The number of hydrogen-bond donors (Lipinski definition) is 2. The van der Waals surface area contributed by atoms with Crippen molar-refractivity contribution >= 4 is 15.9 Å². The minimum absolute atomic E-state index is 0.0843. The van der Waals surface area contributed by atoms with Crippen molar-refractivity contribution in [2.45, 2.75) is 52.4 Å². The number of phenolic OH excluding ortho intramolecular Hbond substituents is 2. The summed E-state index contributed by atoms with van der Waals surface area (Å²) in [4.78, 5) is 0. The molecule has 2 aromatic carbocycles. The van der Waals surface area contributed by atoms with Crippen molar-refractivity contribution in [3.63, 3.8) is 0 Å². The van der Waals surface area contributed by atoms with Gasteiger partial charge in [0.05, 0.1) is 11.6 Å². The molecule has 0 amide bonds. The van der Waals surface area contributed by atoms with Crippen LogP contribution in [0.4, 0.5) is 0 Å². The first kappa shape index (κ1) is 21.4. The molecule has 25 heavy (non-hydrogen) atoms. The second-order valence-corrected chi connectivity index (χ2v) is 8.91. The van der Waals surface area contributed by atoms with E-state index in [1.54, 1.807) is 19.2 Å². The van der Waals surface area contributed by atoms with Crippen LogP contribution in [0.25, 0.3) is 0 Å². The summed E-state index contributed by atoms with van der Waals surface area (Å²) in [6.45, 7) is 12.8. The van der Waals surface area contributed by atoms with Crippen molar-refractivity contribution in [2.75, 3.05) is 7.11 Å². The van der Waals surface area contributed by atoms with Crippen molar-refractivity contribution in [1.82, 2.24) is 0 Å². The van der Waals surface area contributed by atoms with Crippen LogP contribution >= 0.6 is 15.9 Å². The number of rotatable bonds is 1. The lowest BCUT2D eigenvalue weighted by atomic mass is 9.87. The molecular formula is C21H29BrO3. The van der Waals surface area contributed by atoms with Crippen LogP contribution in [0, 0.1) is 0 Å². The largest absolute Gasteiger partial charge is 0.507 e. The van der Waals surface area contributed by atoms with E-state index in [4.69, 9.17) is 4.74 Å². The number of hydrogen-bond acceptors (Lipinski definition) is 3. The van der Waals surface area contributed by atoms with Crippen LogP contribution in [-0.4, -0.2) is 17.3 Å². The fraction of sp³-hybridized carbons (Fsp3) is 0.429. The first-order valence-electron chi connectivity index (χ1n) is 8.22. The molecule has 0 bridgehead atoms. The summed E-state index contributed by atoms with van der Waals surface area (Å²) in [6, 6.07) is 11.1. The highest BCUT2D eigenvalue weighted by atomic mass is 79.9. The van der Waals surface area contributed by atoms with Crippen molar-refractivity contribution in [2.24, 2.45) is 0 Å². The lowest BCUT2D eigenvalue weighted by Gasteiger charge is -2.19. The van der Waals surface area contributed by atoms with Gasteiger partial charge in [0.15, 0.2) is 11.5 Å². The summed E-state index contributed by atoms with van der Waals surface area (Å²) in [5, 5.41) is 18.6. The van der Waals surface area contributed by atoms with E-state index in [-0.39, 0.29) is 16.6 Å². The minimum Gasteiger partial charge on any atom is -0.507 e. The SMILES string of the molecule is CC(C)(C)c1ccc(O)c(Br)c1.COc1cc(C(C)(C)C)ccc1O. The van der Waals surface area contributed by atoms with Gasteiger partial charge in [0.1, 0.15) is 5.75 Å². The van der Waals surface area contributed by atoms with Gasteiger partial charge in [-0.2, -0.15) is 0 Å². The molecule has 0 radical (unpaired) electrons. The van der Waals surface area contributed by atoms with Gasteiger partial charge in [0, 0.05) is 0 Å². The molecule has 4 heteroatoms. The Hall–Kier alpha value is -1.68. The summed E-state index contributed by atoms with van der Waals surface area (Å²) in [7, 11) is 1.56. The summed E-state index contributed by atoms with van der Waals surface area (Å²) in [5.74, 6) is 1.02. The molecule has 0 heterocycles. The van der Waals surface area contributed by atoms with E-state index in [0.29, 0.717) is 11.5 Å². The van der Waals surface area contributed by atoms with Gasteiger partial charge in [0.25, 0.3) is 0 Å². The maximum absolute atomic E-state index is 9.38. The summed E-state index contributed by atoms with van der Waals surface area (Å²) in [5.41, 5.74) is 2.59. The Kier molecular flexibility index (Phi) is 6.95. The van der Waals surface area contributed by atoms with Crippen LogP contribution < -0.4 is 4.74 Å². The Morgan fingerprint density at radius 3 is 1.60 bits per heavy atom. The van der Waals surface area contributed by atoms with Gasteiger partial charge < -0.3 is 14.9 Å². The molecule has 0 aromatic heterocycles. The first-order chi connectivity index (χ1) is 11.4. The zero-order valence-corrected chi connectivity index (χ0v) is 17.7. The van der Waals surface area contributed by atoms with Gasteiger partial charge in [-0.15, -0.1) is 0 Å². The van der Waals surface area contributed by atoms with Crippen LogP contribution in [0.15, 0.2) is 40.9 Å². The molecule has 2 rings (SSSR count). The lowest BCUT2D eigenvalue weighted by Crippen LogP contribution is -2.10. The smallest absolute Gasteiger partial charge is 0.160 e. The second-order valence-electron chi connectivity index (χ2n) is 8.05. The number of phenols is 2. The highest BCUT2D eigenvalue weighted by Crippen LogP contribution is 2.32. The molecule has 0 aliphatic heterocycles. The number of aromatic hydroxyl groups is 2. The number of halogens is 1. The Bertz CT molecular complexity index is 710. The van der Waals surface area contributed by atoms with E-state index >= 15 is 0 Å². The van der Waals surface area contributed by atoms with E-state index in [0.717, 1.165) is 10.0 Å². The molecule has 0 saturated carbocycles. The van der Waals surface area contributed by atoms with Gasteiger partial charge in [-0.25, -0.2) is 0 Å². The molecule has 0 aliphatic carbocycles. The highest BCUT2D eigenvalue weighted by molar-refractivity contribution is 9.10. The van der Waals surface area contributed by atoms with Crippen LogP contribution in [0.1, 0.15) is 52.7 Å². The maximum atomic E-state index is 9.38. The molecule has 0 fully saturated rings. The average molecular weight is 409 g/mol. The van der Waals surface area contributed by atoms with Gasteiger partial charge in [0.2, 0.25) is 0 Å². The highest BCUT2D eigenvalue weighted by Gasteiger charge is 2.15. The van der Waals surface area contributed by atoms with E-state index in [9.17, 15) is 10.2 Å². The molecule has 0 atom stereocenters. The molecule has 2 aromatic rings. The predicted octanol–water partition coefficient (Wildman–Crippen LogP) is 6.15. The average Bonchev–Trinajstić information content (AvgIpc) is 2.49. The van der Waals surface area contributed by atoms with Gasteiger partial charge >= 0.3 is 0 Å². The molecular weight excluding hydrogens is 380 g/mol. The number of ether oxygens (including phenoxy) is 1. The van der Waals surface area contributed by atoms with Crippen LogP contribution in [0.2, 0.25) is 0 Å². The maximum Gasteiger partial charge on any atom is 0.160 e. The Morgan fingerprint density at radius 2 is 1.20 bits per heavy atom. The van der Waals surface area contributed by atoms with Crippen LogP contribution in [-0.2, 0) is 10.8 Å². The zero-order valence-electron chi connectivity index (χ0n) is 16.1. The molecule has 0 aliphatic rings. The third-order valence-electron chi connectivity index (χ3n) is 3.86. The van der Waals surface area contributed by atoms with Crippen molar-refractivity contribution < 1.29 is 14.9 Å². The molecule has 138 valence electrons. The first-order valence-corrected chi connectivity index (χ1v) is 9.02. The standard InChI is InChI=1S/C11H16O2.C10H13BrO/c1-11(2,3)8-5-6-9(12)10(7-8)13-4;1-10(2,3)7-4-5-9(12)8(11)6-7/h5-7,12H,1-4H3;4-6,12H,1-3H3. The third kappa shape index (κ3) is 6.28. The minimum atomic E-state index is 0.0843. The van der Waals surface area contributed by atoms with Gasteiger partial charge in [-0.1, -0.05) is 53.7 Å². The van der Waals surface area contributed by atoms with E-state index in [2.05, 4.69) is 57.5 Å². The summed E-state index contributed by atoms with van der Waals surface area (Å²) in [6.07, 6.45) is 0. The monoisotopic (exact) mass is 408 g/mol. The van der Waals surface area contributed by atoms with Crippen LogP contribution in [0.5, 0.6) is 17.2 Å². The molecule has 0 saturated heterocycles. The van der Waals surface area contributed by atoms with Crippen molar-refractivity contribution in [3.8, 4) is 17.2 Å². The van der Waals surface area contributed by atoms with Crippen LogP contribution in [0.3, 0.4) is 0 Å². The lowest BCUT2D eigenvalue weighted by molar-refractivity contribution is 0.371. The number of benzene rings is 2. The Balaban J connectivity index is 0.000000251. The third-order valence-corrected chi connectivity index (χ3v) is 4.49. The molecule has 0 unspecified atom stereocenters. The zero-order chi connectivity index (χ0) is 19.4. The second kappa shape index (κ2) is 8.13. The van der Waals surface area contributed by atoms with E-state index in [1.165, 1.54) is 5.56 Å². The summed E-state index contributed by atoms with van der Waals surface area (Å²) < 4.78 is 5.79. The van der Waals surface area contributed by atoms with E-state index < -0.39 is 0 Å². The quantitative estimate of drug-likeness (QED) is 0.594. The van der Waals surface area contributed by atoms with Gasteiger partial charge in [-0.05, 0) is 62.2 Å². The molecule has 3 nitrogen and oxygen atoms in total. The van der Waals surface area contributed by atoms with Crippen molar-refractivity contribution in [3.05, 3.63) is 52.0 Å². The number of methoxy groups -OCH3 is 1. The Morgan fingerprint density at radius 1 is 0.760 bits per heavy atom. The normalized spacial score (nSPS) is 11.5. The van der Waals surface area contributed by atoms with Crippen molar-refractivity contribution in [1.29, 1.82) is 0 Å². The topological polar surface area (TPSA) is 49.7 Å². The van der Waals surface area contributed by atoms with Gasteiger partial charge in [-0.3, -0.25) is 0 Å². The predicted molar refractivity (Wildman–Crippen MR) is 108 cm³/mol. The Labute approximate surface area is 159 Å².